The zero-order valence-corrected chi connectivity index (χ0v) is 29.0. The average molecular weight is 681 g/mol. The Morgan fingerprint density at radius 1 is 0.917 bits per heavy atom. The lowest BCUT2D eigenvalue weighted by Gasteiger charge is -2.71. The van der Waals surface area contributed by atoms with Crippen LogP contribution in [-0.2, 0) is 19.1 Å². The summed E-state index contributed by atoms with van der Waals surface area (Å²) in [7, 11) is 0. The fraction of sp³-hybridized carbons (Fsp3) is 0.889. The molecule has 6 rings (SSSR count). The van der Waals surface area contributed by atoms with E-state index in [4.69, 9.17) is 9.47 Å². The Labute approximate surface area is 282 Å². The number of rotatable bonds is 4. The van der Waals surface area contributed by atoms with E-state index in [0.29, 0.717) is 44.9 Å². The van der Waals surface area contributed by atoms with Gasteiger partial charge < -0.3 is 50.3 Å². The van der Waals surface area contributed by atoms with Crippen molar-refractivity contribution in [3.8, 4) is 0 Å². The molecule has 5 aliphatic carbocycles. The van der Waals surface area contributed by atoms with Crippen molar-refractivity contribution < 1.29 is 59.9 Å². The largest absolute Gasteiger partial charge is 0.481 e. The maximum absolute atomic E-state index is 14.5. The van der Waals surface area contributed by atoms with Crippen molar-refractivity contribution in [2.45, 2.75) is 141 Å². The van der Waals surface area contributed by atoms with Crippen molar-refractivity contribution in [2.24, 2.45) is 50.7 Å². The van der Waals surface area contributed by atoms with Crippen molar-refractivity contribution in [1.82, 2.24) is 0 Å². The van der Waals surface area contributed by atoms with Crippen LogP contribution in [0.15, 0.2) is 11.6 Å². The topological polar surface area (TPSA) is 214 Å². The number of carbonyl (C=O) groups is 2. The summed E-state index contributed by atoms with van der Waals surface area (Å²) in [5.41, 5.74) is -4.57. The number of carboxylic acid groups (broad SMARTS) is 1. The summed E-state index contributed by atoms with van der Waals surface area (Å²) < 4.78 is 11.4. The Kier molecular flexibility index (Phi) is 8.61. The average Bonchev–Trinajstić information content (AvgIpc) is 3.02. The second-order valence-corrected chi connectivity index (χ2v) is 17.5. The number of carboxylic acids is 1. The Bertz CT molecular complexity index is 1350. The van der Waals surface area contributed by atoms with Gasteiger partial charge in [0.15, 0.2) is 0 Å². The molecule has 12 heteroatoms. The van der Waals surface area contributed by atoms with E-state index in [2.05, 4.69) is 26.8 Å². The van der Waals surface area contributed by atoms with Crippen LogP contribution in [0.5, 0.6) is 0 Å². The van der Waals surface area contributed by atoms with Crippen molar-refractivity contribution in [3.63, 3.8) is 0 Å². The van der Waals surface area contributed by atoms with Crippen molar-refractivity contribution in [1.29, 1.82) is 0 Å². The maximum Gasteiger partial charge on any atom is 0.315 e. The number of ether oxygens (including phenoxy) is 2. The highest BCUT2D eigenvalue weighted by Gasteiger charge is 2.73. The third-order valence-corrected chi connectivity index (χ3v) is 15.6. The van der Waals surface area contributed by atoms with Crippen LogP contribution in [0.25, 0.3) is 0 Å². The molecule has 0 aromatic heterocycles. The van der Waals surface area contributed by atoms with Crippen LogP contribution < -0.4 is 0 Å². The molecule has 0 spiro atoms. The summed E-state index contributed by atoms with van der Waals surface area (Å²) >= 11 is 0. The Balaban J connectivity index is 1.41. The third-order valence-electron chi connectivity index (χ3n) is 15.6. The standard InChI is InChI=1S/C36H56O12/c1-17-9-12-36(30(45)48-28-25(41)24(40)23(39)20(16-37)47-28)14-13-32(3)18(26(36)35(17,6)46)7-8-21-31(2)15-19(38)27(42)34(5,29(43)44)22(31)10-11-33(21,32)4/h7,17,19-28,37-42,46H,8-16H2,1-6H3,(H,43,44)/t17-,19+,20+,21+,22-,23-,24-,25-,26-,27+,28-,31-,32-,33+,34+,35+,36-/m1/s1. The molecule has 17 atom stereocenters. The van der Waals surface area contributed by atoms with Gasteiger partial charge in [-0.05, 0) is 99.2 Å². The molecule has 0 aromatic carbocycles. The van der Waals surface area contributed by atoms with E-state index < -0.39 is 100 Å². The quantitative estimate of drug-likeness (QED) is 0.157. The van der Waals surface area contributed by atoms with Gasteiger partial charge in [0.1, 0.15) is 24.4 Å². The minimum absolute atomic E-state index is 0.0437. The highest BCUT2D eigenvalue weighted by molar-refractivity contribution is 5.79. The minimum Gasteiger partial charge on any atom is -0.481 e. The number of hydrogen-bond acceptors (Lipinski definition) is 11. The summed E-state index contributed by atoms with van der Waals surface area (Å²) in [6, 6.07) is 0. The second-order valence-electron chi connectivity index (χ2n) is 17.5. The van der Waals surface area contributed by atoms with E-state index in [0.717, 1.165) is 5.57 Å². The van der Waals surface area contributed by atoms with Crippen LogP contribution in [-0.4, -0.2) is 108 Å². The molecule has 0 amide bonds. The summed E-state index contributed by atoms with van der Waals surface area (Å²) in [6.07, 6.45) is -4.43. The highest BCUT2D eigenvalue weighted by atomic mass is 16.7. The molecular formula is C36H56O12. The molecular weight excluding hydrogens is 624 g/mol. The molecule has 12 nitrogen and oxygen atoms in total. The molecule has 1 heterocycles. The first kappa shape index (κ1) is 36.2. The molecule has 5 fully saturated rings. The third kappa shape index (κ3) is 4.49. The number of allylic oxidation sites excluding steroid dienone is 1. The summed E-state index contributed by atoms with van der Waals surface area (Å²) in [6.45, 7) is 11.2. The van der Waals surface area contributed by atoms with Crippen LogP contribution in [0.1, 0.15) is 92.9 Å². The first-order valence-electron chi connectivity index (χ1n) is 17.7. The Morgan fingerprint density at radius 2 is 1.58 bits per heavy atom. The lowest BCUT2D eigenvalue weighted by Crippen LogP contribution is -2.70. The zero-order valence-electron chi connectivity index (χ0n) is 29.0. The van der Waals surface area contributed by atoms with Crippen molar-refractivity contribution in [3.05, 3.63) is 11.6 Å². The first-order chi connectivity index (χ1) is 22.2. The van der Waals surface area contributed by atoms with Gasteiger partial charge in [-0.2, -0.15) is 0 Å². The fourth-order valence-corrected chi connectivity index (χ4v) is 12.3. The fourth-order valence-electron chi connectivity index (χ4n) is 12.3. The minimum atomic E-state index is -1.75. The van der Waals surface area contributed by atoms with Crippen LogP contribution in [0.3, 0.4) is 0 Å². The van der Waals surface area contributed by atoms with Gasteiger partial charge in [-0.25, -0.2) is 0 Å². The number of carbonyl (C=O) groups excluding carboxylic acids is 1. The second kappa shape index (κ2) is 11.4. The van der Waals surface area contributed by atoms with E-state index in [1.54, 1.807) is 13.8 Å². The first-order valence-corrected chi connectivity index (χ1v) is 17.7. The molecule has 6 aliphatic rings. The smallest absolute Gasteiger partial charge is 0.315 e. The van der Waals surface area contributed by atoms with E-state index >= 15 is 0 Å². The molecule has 4 saturated carbocycles. The van der Waals surface area contributed by atoms with Gasteiger partial charge in [0, 0.05) is 5.92 Å². The normalized spacial score (nSPS) is 56.4. The SMILES string of the molecule is C[C@@H]1CC[C@@]2(C(=O)O[C@H]3O[C@@H](CO)[C@@H](O)[C@@H](O)[C@H]3O)CC[C@]3(C)C(=CC[C@H]4[C@@]5(C)C[C@H](O)[C@H](O)[C@@](C)(C(=O)O)[C@@H]5CC[C@@]43C)[C@@H]2[C@@]1(C)O. The Hall–Kier alpha value is -1.64. The van der Waals surface area contributed by atoms with Crippen LogP contribution in [0, 0.1) is 50.7 Å². The van der Waals surface area contributed by atoms with Gasteiger partial charge >= 0.3 is 11.9 Å². The molecule has 272 valence electrons. The highest BCUT2D eigenvalue weighted by Crippen LogP contribution is 2.76. The number of fused-ring (bicyclic) bond motifs is 7. The lowest BCUT2D eigenvalue weighted by molar-refractivity contribution is -0.299. The molecule has 8 N–H and O–H groups in total. The lowest BCUT2D eigenvalue weighted by atomic mass is 9.33. The molecule has 1 aliphatic heterocycles. The molecule has 48 heavy (non-hydrogen) atoms. The number of aliphatic hydroxyl groups excluding tert-OH is 6. The van der Waals surface area contributed by atoms with E-state index in [9.17, 15) is 50.4 Å². The van der Waals surface area contributed by atoms with Crippen LogP contribution >= 0.6 is 0 Å². The van der Waals surface area contributed by atoms with Crippen LogP contribution in [0.2, 0.25) is 0 Å². The number of hydrogen-bond donors (Lipinski definition) is 8. The Morgan fingerprint density at radius 3 is 2.21 bits per heavy atom. The monoisotopic (exact) mass is 680 g/mol. The number of esters is 1. The zero-order chi connectivity index (χ0) is 35.6. The van der Waals surface area contributed by atoms with Gasteiger partial charge in [0.2, 0.25) is 6.29 Å². The van der Waals surface area contributed by atoms with Gasteiger partial charge in [0.25, 0.3) is 0 Å². The van der Waals surface area contributed by atoms with Crippen LogP contribution in [0.4, 0.5) is 0 Å². The summed E-state index contributed by atoms with van der Waals surface area (Å²) in [4.78, 5) is 27.2. The van der Waals surface area contributed by atoms with E-state index in [1.165, 1.54) is 0 Å². The predicted octanol–water partition coefficient (Wildman–Crippen LogP) is 1.50. The molecule has 1 saturated heterocycles. The van der Waals surface area contributed by atoms with Gasteiger partial charge in [-0.1, -0.05) is 39.3 Å². The molecule has 0 aromatic rings. The number of aliphatic hydroxyl groups is 7. The molecule has 0 unspecified atom stereocenters. The van der Waals surface area contributed by atoms with Gasteiger partial charge in [-0.3, -0.25) is 9.59 Å². The maximum atomic E-state index is 14.5. The molecule has 0 radical (unpaired) electrons. The van der Waals surface area contributed by atoms with E-state index in [1.807, 2.05) is 6.92 Å². The van der Waals surface area contributed by atoms with Gasteiger partial charge in [0.05, 0.1) is 35.2 Å². The molecule has 0 bridgehead atoms. The summed E-state index contributed by atoms with van der Waals surface area (Å²) in [5.74, 6) is -3.01. The van der Waals surface area contributed by atoms with Crippen molar-refractivity contribution >= 4 is 11.9 Å². The van der Waals surface area contributed by atoms with Gasteiger partial charge in [-0.15, -0.1) is 0 Å². The predicted molar refractivity (Wildman–Crippen MR) is 170 cm³/mol. The number of aliphatic carboxylic acids is 1. The van der Waals surface area contributed by atoms with Crippen molar-refractivity contribution in [2.75, 3.05) is 6.61 Å². The van der Waals surface area contributed by atoms with E-state index in [-0.39, 0.29) is 24.2 Å². The summed E-state index contributed by atoms with van der Waals surface area (Å²) in [5, 5.41) is 85.9.